The zero-order valence-electron chi connectivity index (χ0n) is 19.6. The molecule has 0 radical (unpaired) electrons. The molecule has 0 rings (SSSR count). The van der Waals surface area contributed by atoms with E-state index in [0.717, 1.165) is 25.7 Å². The summed E-state index contributed by atoms with van der Waals surface area (Å²) in [6, 6.07) is 0. The number of carbonyl (C=O) groups is 2. The fraction of sp³-hybridized carbons (Fsp3) is 0.920. The number of esters is 2. The molecule has 1 atom stereocenters. The summed E-state index contributed by atoms with van der Waals surface area (Å²) < 4.78 is 9.98. The number of rotatable bonds is 21. The SMILES string of the molecule is CCOC(=O)CCCCCCCCCCCCCCCCCC(C)C(=O)OCC. The van der Waals surface area contributed by atoms with Gasteiger partial charge in [0.1, 0.15) is 0 Å². The van der Waals surface area contributed by atoms with Gasteiger partial charge >= 0.3 is 11.9 Å². The van der Waals surface area contributed by atoms with Crippen LogP contribution in [0.5, 0.6) is 0 Å². The van der Waals surface area contributed by atoms with E-state index in [-0.39, 0.29) is 17.9 Å². The van der Waals surface area contributed by atoms with Crippen molar-refractivity contribution in [2.45, 2.75) is 130 Å². The second kappa shape index (κ2) is 21.6. The van der Waals surface area contributed by atoms with Crippen LogP contribution in [0.15, 0.2) is 0 Å². The Morgan fingerprint density at radius 1 is 0.586 bits per heavy atom. The van der Waals surface area contributed by atoms with Gasteiger partial charge in [0.05, 0.1) is 19.1 Å². The molecule has 0 saturated heterocycles. The lowest BCUT2D eigenvalue weighted by atomic mass is 10.0. The average Bonchev–Trinajstić information content (AvgIpc) is 2.70. The minimum Gasteiger partial charge on any atom is -0.466 e. The molecule has 4 nitrogen and oxygen atoms in total. The molecule has 0 aromatic heterocycles. The predicted molar refractivity (Wildman–Crippen MR) is 121 cm³/mol. The van der Waals surface area contributed by atoms with Gasteiger partial charge in [-0.2, -0.15) is 0 Å². The molecule has 0 N–H and O–H groups in total. The quantitative estimate of drug-likeness (QED) is 0.146. The minimum absolute atomic E-state index is 0.0403. The number of unbranched alkanes of at least 4 members (excludes halogenated alkanes) is 14. The van der Waals surface area contributed by atoms with Crippen LogP contribution in [-0.2, 0) is 19.1 Å². The summed E-state index contributed by atoms with van der Waals surface area (Å²) in [5, 5.41) is 0. The highest BCUT2D eigenvalue weighted by atomic mass is 16.5. The number of ether oxygens (including phenoxy) is 2. The normalized spacial score (nSPS) is 12.0. The zero-order chi connectivity index (χ0) is 21.6. The van der Waals surface area contributed by atoms with Crippen molar-refractivity contribution >= 4 is 11.9 Å². The molecule has 0 bridgehead atoms. The summed E-state index contributed by atoms with van der Waals surface area (Å²) in [6.45, 7) is 6.68. The van der Waals surface area contributed by atoms with Crippen molar-refractivity contribution in [3.05, 3.63) is 0 Å². The molecule has 29 heavy (non-hydrogen) atoms. The van der Waals surface area contributed by atoms with Gasteiger partial charge in [-0.1, -0.05) is 96.8 Å². The van der Waals surface area contributed by atoms with Gasteiger partial charge in [-0.05, 0) is 26.7 Å². The van der Waals surface area contributed by atoms with E-state index in [0.29, 0.717) is 19.6 Å². The standard InChI is InChI=1S/C25H48O4/c1-4-28-24(26)22-20-18-16-14-12-10-8-6-7-9-11-13-15-17-19-21-23(3)25(27)29-5-2/h23H,4-22H2,1-3H3. The van der Waals surface area contributed by atoms with Gasteiger partial charge in [-0.3, -0.25) is 9.59 Å². The molecular formula is C25H48O4. The van der Waals surface area contributed by atoms with E-state index in [4.69, 9.17) is 9.47 Å². The topological polar surface area (TPSA) is 52.6 Å². The van der Waals surface area contributed by atoms with Crippen molar-refractivity contribution in [3.63, 3.8) is 0 Å². The summed E-state index contributed by atoms with van der Waals surface area (Å²) in [5.41, 5.74) is 0. The lowest BCUT2D eigenvalue weighted by Gasteiger charge is -2.09. The molecule has 0 fully saturated rings. The van der Waals surface area contributed by atoms with Crippen LogP contribution in [0.4, 0.5) is 0 Å². The molecule has 0 saturated carbocycles. The molecule has 0 amide bonds. The van der Waals surface area contributed by atoms with Gasteiger partial charge in [0.25, 0.3) is 0 Å². The molecule has 0 spiro atoms. The molecule has 0 aromatic rings. The Morgan fingerprint density at radius 3 is 1.38 bits per heavy atom. The Kier molecular flexibility index (Phi) is 20.9. The molecule has 0 heterocycles. The highest BCUT2D eigenvalue weighted by Gasteiger charge is 2.12. The molecule has 0 aliphatic carbocycles. The van der Waals surface area contributed by atoms with E-state index < -0.39 is 0 Å². The second-order valence-corrected chi connectivity index (χ2v) is 8.30. The zero-order valence-corrected chi connectivity index (χ0v) is 19.6. The van der Waals surface area contributed by atoms with Crippen LogP contribution >= 0.6 is 0 Å². The number of hydrogen-bond acceptors (Lipinski definition) is 4. The highest BCUT2D eigenvalue weighted by Crippen LogP contribution is 2.16. The Morgan fingerprint density at radius 2 is 0.966 bits per heavy atom. The first-order valence-electron chi connectivity index (χ1n) is 12.4. The Bertz CT molecular complexity index is 381. The molecule has 4 heteroatoms. The van der Waals surface area contributed by atoms with Crippen LogP contribution in [-0.4, -0.2) is 25.2 Å². The van der Waals surface area contributed by atoms with Crippen molar-refractivity contribution in [3.8, 4) is 0 Å². The van der Waals surface area contributed by atoms with Gasteiger partial charge in [0.15, 0.2) is 0 Å². The fourth-order valence-electron chi connectivity index (χ4n) is 3.65. The first-order valence-corrected chi connectivity index (χ1v) is 12.4. The number of carbonyl (C=O) groups excluding carboxylic acids is 2. The third kappa shape index (κ3) is 20.0. The summed E-state index contributed by atoms with van der Waals surface area (Å²) in [6.07, 6.45) is 20.8. The molecule has 1 unspecified atom stereocenters. The maximum Gasteiger partial charge on any atom is 0.308 e. The lowest BCUT2D eigenvalue weighted by molar-refractivity contribution is -0.147. The van der Waals surface area contributed by atoms with Crippen LogP contribution in [0.1, 0.15) is 130 Å². The van der Waals surface area contributed by atoms with Crippen LogP contribution < -0.4 is 0 Å². The Hall–Kier alpha value is -1.06. The fourth-order valence-corrected chi connectivity index (χ4v) is 3.65. The molecule has 172 valence electrons. The van der Waals surface area contributed by atoms with E-state index in [1.807, 2.05) is 20.8 Å². The average molecular weight is 413 g/mol. The largest absolute Gasteiger partial charge is 0.466 e. The van der Waals surface area contributed by atoms with Crippen molar-refractivity contribution in [1.29, 1.82) is 0 Å². The smallest absolute Gasteiger partial charge is 0.308 e. The minimum atomic E-state index is -0.0453. The van der Waals surface area contributed by atoms with Crippen molar-refractivity contribution in [1.82, 2.24) is 0 Å². The maximum atomic E-state index is 11.5. The van der Waals surface area contributed by atoms with E-state index >= 15 is 0 Å². The van der Waals surface area contributed by atoms with Crippen LogP contribution in [0, 0.1) is 5.92 Å². The molecular weight excluding hydrogens is 364 g/mol. The predicted octanol–water partition coefficient (Wildman–Crippen LogP) is 7.38. The van der Waals surface area contributed by atoms with E-state index in [9.17, 15) is 9.59 Å². The molecule has 0 aromatic carbocycles. The van der Waals surface area contributed by atoms with Crippen LogP contribution in [0.25, 0.3) is 0 Å². The monoisotopic (exact) mass is 412 g/mol. The first kappa shape index (κ1) is 27.9. The van der Waals surface area contributed by atoms with Gasteiger partial charge in [0.2, 0.25) is 0 Å². The third-order valence-corrected chi connectivity index (χ3v) is 5.51. The molecule has 0 aliphatic rings. The van der Waals surface area contributed by atoms with Gasteiger partial charge in [-0.25, -0.2) is 0 Å². The third-order valence-electron chi connectivity index (χ3n) is 5.51. The van der Waals surface area contributed by atoms with Crippen molar-refractivity contribution < 1.29 is 19.1 Å². The van der Waals surface area contributed by atoms with E-state index in [2.05, 4.69) is 0 Å². The van der Waals surface area contributed by atoms with Crippen LogP contribution in [0.3, 0.4) is 0 Å². The molecule has 0 aliphatic heterocycles. The second-order valence-electron chi connectivity index (χ2n) is 8.30. The van der Waals surface area contributed by atoms with E-state index in [1.165, 1.54) is 77.0 Å². The Labute approximate surface area is 180 Å². The first-order chi connectivity index (χ1) is 14.1. The van der Waals surface area contributed by atoms with Crippen molar-refractivity contribution in [2.24, 2.45) is 5.92 Å². The lowest BCUT2D eigenvalue weighted by Crippen LogP contribution is -2.14. The number of hydrogen-bond donors (Lipinski definition) is 0. The van der Waals surface area contributed by atoms with E-state index in [1.54, 1.807) is 0 Å². The Balaban J connectivity index is 3.17. The summed E-state index contributed by atoms with van der Waals surface area (Å²) in [7, 11) is 0. The van der Waals surface area contributed by atoms with Gasteiger partial charge < -0.3 is 9.47 Å². The van der Waals surface area contributed by atoms with Crippen LogP contribution in [0.2, 0.25) is 0 Å². The summed E-state index contributed by atoms with van der Waals surface area (Å²) >= 11 is 0. The van der Waals surface area contributed by atoms with Gasteiger partial charge in [0, 0.05) is 6.42 Å². The van der Waals surface area contributed by atoms with Crippen molar-refractivity contribution in [2.75, 3.05) is 13.2 Å². The highest BCUT2D eigenvalue weighted by molar-refractivity contribution is 5.71. The summed E-state index contributed by atoms with van der Waals surface area (Å²) in [4.78, 5) is 22.8. The summed E-state index contributed by atoms with van der Waals surface area (Å²) in [5.74, 6) is -0.0304. The van der Waals surface area contributed by atoms with Gasteiger partial charge in [-0.15, -0.1) is 0 Å². The maximum absolute atomic E-state index is 11.5.